The van der Waals surface area contributed by atoms with Crippen molar-refractivity contribution in [1.29, 1.82) is 0 Å². The normalized spacial score (nSPS) is 11.8. The average Bonchev–Trinajstić information content (AvgIpc) is 2.36. The summed E-state index contributed by atoms with van der Waals surface area (Å²) in [6.07, 6.45) is -0.279. The van der Waals surface area contributed by atoms with E-state index in [1.807, 2.05) is 0 Å². The van der Waals surface area contributed by atoms with Crippen LogP contribution in [-0.2, 0) is 4.79 Å². The van der Waals surface area contributed by atoms with Crippen LogP contribution in [0.3, 0.4) is 0 Å². The largest absolute Gasteiger partial charge is 0.497 e. The molecule has 19 heavy (non-hydrogen) atoms. The second-order valence-electron chi connectivity index (χ2n) is 4.09. The van der Waals surface area contributed by atoms with E-state index >= 15 is 0 Å². The Kier molecular flexibility index (Phi) is 4.88. The van der Waals surface area contributed by atoms with Crippen LogP contribution in [-0.4, -0.2) is 37.1 Å². The number of nitrogens with two attached hydrogens (primary N) is 1. The van der Waals surface area contributed by atoms with Crippen LogP contribution in [0, 0.1) is 6.92 Å². The number of benzene rings is 1. The van der Waals surface area contributed by atoms with Crippen LogP contribution >= 0.6 is 0 Å². The summed E-state index contributed by atoms with van der Waals surface area (Å²) >= 11 is 0. The molecule has 1 aromatic rings. The Morgan fingerprint density at radius 1 is 1.32 bits per heavy atom. The number of hydrogen-bond acceptors (Lipinski definition) is 5. The smallest absolute Gasteiger partial charge is 0.320 e. The minimum atomic E-state index is -1.22. The third kappa shape index (κ3) is 3.45. The van der Waals surface area contributed by atoms with Gasteiger partial charge in [-0.15, -0.1) is 0 Å². The summed E-state index contributed by atoms with van der Waals surface area (Å²) in [6, 6.07) is 2.04. The lowest BCUT2D eigenvalue weighted by atomic mass is 9.98. The highest BCUT2D eigenvalue weighted by Gasteiger charge is 2.22. The van der Waals surface area contributed by atoms with Gasteiger partial charge in [0.1, 0.15) is 17.5 Å². The van der Waals surface area contributed by atoms with Gasteiger partial charge in [0.05, 0.1) is 19.8 Å². The van der Waals surface area contributed by atoms with Gasteiger partial charge in [0.2, 0.25) is 0 Å². The Morgan fingerprint density at radius 2 is 1.95 bits per heavy atom. The van der Waals surface area contributed by atoms with Crippen molar-refractivity contribution < 1.29 is 24.2 Å². The number of hydrogen-bond donors (Lipinski definition) is 2. The molecule has 6 heteroatoms. The van der Waals surface area contributed by atoms with E-state index in [-0.39, 0.29) is 12.2 Å². The van der Waals surface area contributed by atoms with Gasteiger partial charge in [-0.05, 0) is 18.6 Å². The number of carboxylic acids is 1. The van der Waals surface area contributed by atoms with E-state index in [0.717, 1.165) is 0 Å². The highest BCUT2D eigenvalue weighted by molar-refractivity contribution is 6.02. The highest BCUT2D eigenvalue weighted by atomic mass is 16.5. The molecule has 0 spiro atoms. The number of aliphatic carboxylic acids is 1. The molecule has 104 valence electrons. The lowest BCUT2D eigenvalue weighted by molar-refractivity contribution is -0.138. The molecule has 0 aromatic heterocycles. The van der Waals surface area contributed by atoms with Crippen molar-refractivity contribution in [2.24, 2.45) is 5.73 Å². The van der Waals surface area contributed by atoms with Crippen molar-refractivity contribution in [3.05, 3.63) is 23.3 Å². The first kappa shape index (κ1) is 15.0. The van der Waals surface area contributed by atoms with Crippen molar-refractivity contribution in [2.45, 2.75) is 19.4 Å². The standard InChI is InChI=1S/C13H17NO5/c1-7-4-8(18-2)5-11(19-3)12(7)10(15)6-9(14)13(16)17/h4-5,9H,6,14H2,1-3H3,(H,16,17). The van der Waals surface area contributed by atoms with Gasteiger partial charge in [0.15, 0.2) is 5.78 Å². The summed E-state index contributed by atoms with van der Waals surface area (Å²) in [7, 11) is 2.94. The molecular formula is C13H17NO5. The van der Waals surface area contributed by atoms with Crippen LogP contribution in [0.5, 0.6) is 11.5 Å². The summed E-state index contributed by atoms with van der Waals surface area (Å²) in [4.78, 5) is 22.8. The predicted octanol–water partition coefficient (Wildman–Crippen LogP) is 0.997. The maximum atomic E-state index is 12.1. The lowest BCUT2D eigenvalue weighted by Gasteiger charge is -2.14. The summed E-state index contributed by atoms with van der Waals surface area (Å²) in [5.41, 5.74) is 6.35. The molecule has 0 aliphatic rings. The number of carboxylic acid groups (broad SMARTS) is 1. The Hall–Kier alpha value is -2.08. The topological polar surface area (TPSA) is 98.9 Å². The fourth-order valence-electron chi connectivity index (χ4n) is 1.75. The molecule has 1 rings (SSSR count). The van der Waals surface area contributed by atoms with Crippen LogP contribution in [0.25, 0.3) is 0 Å². The number of carbonyl (C=O) groups is 2. The number of Topliss-reactive ketones (excluding diaryl/α,β-unsaturated/α-hetero) is 1. The summed E-state index contributed by atoms with van der Waals surface area (Å²) in [6.45, 7) is 1.73. The molecule has 6 nitrogen and oxygen atoms in total. The SMILES string of the molecule is COc1cc(C)c(C(=O)CC(N)C(=O)O)c(OC)c1. The molecule has 0 fully saturated rings. The second kappa shape index (κ2) is 6.19. The molecule has 0 amide bonds. The maximum Gasteiger partial charge on any atom is 0.320 e. The van der Waals surface area contributed by atoms with Gasteiger partial charge in [-0.2, -0.15) is 0 Å². The molecule has 0 bridgehead atoms. The molecule has 1 unspecified atom stereocenters. The fraction of sp³-hybridized carbons (Fsp3) is 0.385. The molecule has 0 aliphatic carbocycles. The first-order valence-electron chi connectivity index (χ1n) is 5.65. The summed E-state index contributed by atoms with van der Waals surface area (Å²) < 4.78 is 10.2. The van der Waals surface area contributed by atoms with Crippen molar-refractivity contribution >= 4 is 11.8 Å². The van der Waals surface area contributed by atoms with E-state index in [2.05, 4.69) is 0 Å². The summed E-state index contributed by atoms with van der Waals surface area (Å²) in [5, 5.41) is 8.73. The molecule has 1 aromatic carbocycles. The van der Waals surface area contributed by atoms with E-state index in [9.17, 15) is 9.59 Å². The van der Waals surface area contributed by atoms with Crippen LogP contribution < -0.4 is 15.2 Å². The number of aryl methyl sites for hydroxylation is 1. The maximum absolute atomic E-state index is 12.1. The van der Waals surface area contributed by atoms with E-state index in [1.54, 1.807) is 19.1 Å². The van der Waals surface area contributed by atoms with E-state index in [4.69, 9.17) is 20.3 Å². The highest BCUT2D eigenvalue weighted by Crippen LogP contribution is 2.29. The number of ketones is 1. The van der Waals surface area contributed by atoms with Gasteiger partial charge in [0, 0.05) is 12.5 Å². The summed E-state index contributed by atoms with van der Waals surface area (Å²) in [5.74, 6) is -0.668. The molecular weight excluding hydrogens is 250 g/mol. The van der Waals surface area contributed by atoms with Gasteiger partial charge in [-0.1, -0.05) is 0 Å². The quantitative estimate of drug-likeness (QED) is 0.746. The molecule has 0 radical (unpaired) electrons. The lowest BCUT2D eigenvalue weighted by Crippen LogP contribution is -2.32. The van der Waals surface area contributed by atoms with Crippen molar-refractivity contribution in [3.8, 4) is 11.5 Å². The van der Waals surface area contributed by atoms with Crippen molar-refractivity contribution in [1.82, 2.24) is 0 Å². The monoisotopic (exact) mass is 267 g/mol. The second-order valence-corrected chi connectivity index (χ2v) is 4.09. The Morgan fingerprint density at radius 3 is 2.42 bits per heavy atom. The minimum absolute atomic E-state index is 0.279. The zero-order chi connectivity index (χ0) is 14.6. The number of ether oxygens (including phenoxy) is 2. The average molecular weight is 267 g/mol. The Balaban J connectivity index is 3.12. The fourth-order valence-corrected chi connectivity index (χ4v) is 1.75. The predicted molar refractivity (Wildman–Crippen MR) is 68.8 cm³/mol. The van der Waals surface area contributed by atoms with E-state index < -0.39 is 12.0 Å². The molecule has 0 saturated heterocycles. The van der Waals surface area contributed by atoms with Crippen molar-refractivity contribution in [3.63, 3.8) is 0 Å². The third-order valence-corrected chi connectivity index (χ3v) is 2.73. The molecule has 0 heterocycles. The van der Waals surface area contributed by atoms with Crippen LogP contribution in [0.2, 0.25) is 0 Å². The van der Waals surface area contributed by atoms with Crippen LogP contribution in [0.15, 0.2) is 12.1 Å². The molecule has 0 saturated carbocycles. The van der Waals surface area contributed by atoms with Gasteiger partial charge in [-0.3, -0.25) is 9.59 Å². The van der Waals surface area contributed by atoms with Crippen molar-refractivity contribution in [2.75, 3.05) is 14.2 Å². The van der Waals surface area contributed by atoms with Gasteiger partial charge < -0.3 is 20.3 Å². The van der Waals surface area contributed by atoms with Gasteiger partial charge in [0.25, 0.3) is 0 Å². The Labute approximate surface area is 111 Å². The zero-order valence-electron chi connectivity index (χ0n) is 11.1. The third-order valence-electron chi connectivity index (χ3n) is 2.73. The molecule has 0 aliphatic heterocycles. The van der Waals surface area contributed by atoms with E-state index in [1.165, 1.54) is 14.2 Å². The number of carbonyl (C=O) groups excluding carboxylic acids is 1. The molecule has 1 atom stereocenters. The minimum Gasteiger partial charge on any atom is -0.497 e. The first-order valence-corrected chi connectivity index (χ1v) is 5.65. The van der Waals surface area contributed by atoms with Gasteiger partial charge in [-0.25, -0.2) is 0 Å². The number of methoxy groups -OCH3 is 2. The number of rotatable bonds is 6. The van der Waals surface area contributed by atoms with Crippen LogP contribution in [0.4, 0.5) is 0 Å². The van der Waals surface area contributed by atoms with Gasteiger partial charge >= 0.3 is 5.97 Å². The Bertz CT molecular complexity index is 498. The van der Waals surface area contributed by atoms with E-state index in [0.29, 0.717) is 22.6 Å². The first-order chi connectivity index (χ1) is 8.90. The zero-order valence-corrected chi connectivity index (χ0v) is 11.1. The van der Waals surface area contributed by atoms with Crippen LogP contribution in [0.1, 0.15) is 22.3 Å². The molecule has 3 N–H and O–H groups in total.